The molecule has 0 atom stereocenters. The molecule has 0 radical (unpaired) electrons. The molecule has 29 heavy (non-hydrogen) atoms. The minimum atomic E-state index is -0.156. The van der Waals surface area contributed by atoms with Crippen molar-refractivity contribution in [1.29, 1.82) is 0 Å². The molecule has 0 aliphatic carbocycles. The van der Waals surface area contributed by atoms with Gasteiger partial charge in [0.2, 0.25) is 5.91 Å². The lowest BCUT2D eigenvalue weighted by Crippen LogP contribution is -2.19. The molecule has 4 nitrogen and oxygen atoms in total. The van der Waals surface area contributed by atoms with Crippen LogP contribution < -0.4 is 5.43 Å². The van der Waals surface area contributed by atoms with E-state index in [1.807, 2.05) is 55.7 Å². The molecule has 0 fully saturated rings. The van der Waals surface area contributed by atoms with Crippen LogP contribution in [-0.2, 0) is 11.2 Å². The van der Waals surface area contributed by atoms with Gasteiger partial charge in [0.25, 0.3) is 0 Å². The van der Waals surface area contributed by atoms with E-state index < -0.39 is 0 Å². The number of hydrazone groups is 1. The number of carbonyl (C=O) groups is 1. The molecule has 2 aromatic carbocycles. The number of aryl methyl sites for hydroxylation is 3. The maximum atomic E-state index is 12.2. The predicted molar refractivity (Wildman–Crippen MR) is 121 cm³/mol. The number of amides is 1. The van der Waals surface area contributed by atoms with Crippen molar-refractivity contribution in [3.05, 3.63) is 86.2 Å². The topological polar surface area (TPSA) is 46.4 Å². The molecule has 0 saturated carbocycles. The Morgan fingerprint density at radius 2 is 1.79 bits per heavy atom. The largest absolute Gasteiger partial charge is 0.316 e. The molecule has 1 aromatic heterocycles. The highest BCUT2D eigenvalue weighted by Gasteiger charge is 2.13. The summed E-state index contributed by atoms with van der Waals surface area (Å²) in [5, 5.41) is 5.36. The number of halogens is 2. The summed E-state index contributed by atoms with van der Waals surface area (Å²) in [7, 11) is 0. The molecule has 150 valence electrons. The van der Waals surface area contributed by atoms with Gasteiger partial charge in [0.05, 0.1) is 23.3 Å². The Hall–Kier alpha value is -2.56. The quantitative estimate of drug-likeness (QED) is 0.411. The summed E-state index contributed by atoms with van der Waals surface area (Å²) in [5.74, 6) is -0.156. The lowest BCUT2D eigenvalue weighted by atomic mass is 10.0. The fourth-order valence-corrected chi connectivity index (χ4v) is 3.63. The highest BCUT2D eigenvalue weighted by molar-refractivity contribution is 6.34. The SMILES string of the molecule is Cc1ccc(CC(=O)N/N=C\c2cc(C)n(-c3cc(Cl)ccc3Cl)c2C)cc1C. The molecule has 1 heterocycles. The number of carbonyl (C=O) groups excluding carboxylic acids is 1. The Kier molecular flexibility index (Phi) is 6.46. The Morgan fingerprint density at radius 1 is 1.03 bits per heavy atom. The van der Waals surface area contributed by atoms with Gasteiger partial charge in [-0.3, -0.25) is 4.79 Å². The Balaban J connectivity index is 1.73. The average Bonchev–Trinajstić information content (AvgIpc) is 2.94. The van der Waals surface area contributed by atoms with Crippen LogP contribution in [0, 0.1) is 27.7 Å². The minimum Gasteiger partial charge on any atom is -0.316 e. The molecule has 3 aromatic rings. The molecule has 0 unspecified atom stereocenters. The number of nitrogens with one attached hydrogen (secondary N) is 1. The number of hydrogen-bond acceptors (Lipinski definition) is 2. The van der Waals surface area contributed by atoms with Crippen LogP contribution in [0.2, 0.25) is 10.0 Å². The lowest BCUT2D eigenvalue weighted by Gasteiger charge is -2.12. The molecule has 1 N–H and O–H groups in total. The van der Waals surface area contributed by atoms with E-state index >= 15 is 0 Å². The summed E-state index contributed by atoms with van der Waals surface area (Å²) in [6.07, 6.45) is 1.94. The zero-order valence-electron chi connectivity index (χ0n) is 16.9. The zero-order chi connectivity index (χ0) is 21.1. The van der Waals surface area contributed by atoms with E-state index in [0.717, 1.165) is 28.2 Å². The van der Waals surface area contributed by atoms with Crippen molar-refractivity contribution in [2.24, 2.45) is 5.10 Å². The first-order valence-corrected chi connectivity index (χ1v) is 10.0. The number of benzene rings is 2. The number of hydrogen-bond donors (Lipinski definition) is 1. The summed E-state index contributed by atoms with van der Waals surface area (Å²) in [5.41, 5.74) is 9.61. The van der Waals surface area contributed by atoms with Gasteiger partial charge in [-0.05, 0) is 68.7 Å². The van der Waals surface area contributed by atoms with Gasteiger partial charge in [-0.1, -0.05) is 41.4 Å². The monoisotopic (exact) mass is 427 g/mol. The highest BCUT2D eigenvalue weighted by atomic mass is 35.5. The summed E-state index contributed by atoms with van der Waals surface area (Å²) in [6.45, 7) is 8.05. The normalized spacial score (nSPS) is 11.2. The van der Waals surface area contributed by atoms with Gasteiger partial charge in [0.15, 0.2) is 0 Å². The second kappa shape index (κ2) is 8.85. The first kappa shape index (κ1) is 21.2. The summed E-state index contributed by atoms with van der Waals surface area (Å²) in [6, 6.07) is 13.4. The third kappa shape index (κ3) is 4.89. The Morgan fingerprint density at radius 3 is 2.52 bits per heavy atom. The van der Waals surface area contributed by atoms with E-state index in [1.165, 1.54) is 11.1 Å². The van der Waals surface area contributed by atoms with E-state index in [9.17, 15) is 4.79 Å². The summed E-state index contributed by atoms with van der Waals surface area (Å²) >= 11 is 12.5. The molecule has 0 saturated heterocycles. The second-order valence-corrected chi connectivity index (χ2v) is 7.99. The maximum Gasteiger partial charge on any atom is 0.244 e. The van der Waals surface area contributed by atoms with Gasteiger partial charge >= 0.3 is 0 Å². The molecule has 1 amide bonds. The van der Waals surface area contributed by atoms with E-state index in [4.69, 9.17) is 23.2 Å². The summed E-state index contributed by atoms with van der Waals surface area (Å²) in [4.78, 5) is 12.2. The number of aromatic nitrogens is 1. The van der Waals surface area contributed by atoms with Gasteiger partial charge in [-0.2, -0.15) is 5.10 Å². The maximum absolute atomic E-state index is 12.2. The molecule has 0 aliphatic heterocycles. The van der Waals surface area contributed by atoms with Crippen LogP contribution in [0.25, 0.3) is 5.69 Å². The van der Waals surface area contributed by atoms with E-state index in [-0.39, 0.29) is 12.3 Å². The third-order valence-corrected chi connectivity index (χ3v) is 5.50. The Labute approximate surface area is 181 Å². The molecule has 0 aliphatic rings. The molecule has 3 rings (SSSR count). The minimum absolute atomic E-state index is 0.156. The van der Waals surface area contributed by atoms with Gasteiger partial charge in [0.1, 0.15) is 0 Å². The molecule has 6 heteroatoms. The van der Waals surface area contributed by atoms with Crippen LogP contribution in [0.15, 0.2) is 47.6 Å². The highest BCUT2D eigenvalue weighted by Crippen LogP contribution is 2.28. The van der Waals surface area contributed by atoms with Crippen molar-refractivity contribution in [3.8, 4) is 5.69 Å². The average molecular weight is 428 g/mol. The van der Waals surface area contributed by atoms with Crippen molar-refractivity contribution in [1.82, 2.24) is 9.99 Å². The van der Waals surface area contributed by atoms with Crippen molar-refractivity contribution < 1.29 is 4.79 Å². The predicted octanol–water partition coefficient (Wildman–Crippen LogP) is 5.71. The fourth-order valence-electron chi connectivity index (χ4n) is 3.26. The van der Waals surface area contributed by atoms with Crippen LogP contribution in [0.4, 0.5) is 0 Å². The van der Waals surface area contributed by atoms with E-state index in [1.54, 1.807) is 18.3 Å². The fraction of sp³-hybridized carbons (Fsp3) is 0.217. The molecular formula is C23H23Cl2N3O. The van der Waals surface area contributed by atoms with Gasteiger partial charge in [0, 0.05) is 22.0 Å². The van der Waals surface area contributed by atoms with Crippen LogP contribution >= 0.6 is 23.2 Å². The lowest BCUT2D eigenvalue weighted by molar-refractivity contribution is -0.120. The Bertz CT molecular complexity index is 1100. The van der Waals surface area contributed by atoms with Gasteiger partial charge < -0.3 is 4.57 Å². The molecular weight excluding hydrogens is 405 g/mol. The van der Waals surface area contributed by atoms with Crippen molar-refractivity contribution in [2.75, 3.05) is 0 Å². The van der Waals surface area contributed by atoms with Crippen LogP contribution in [0.5, 0.6) is 0 Å². The standard InChI is InChI=1S/C23H23Cl2N3O/c1-14-5-6-18(9-15(14)2)11-23(29)27-26-13-19-10-16(3)28(17(19)4)22-12-20(24)7-8-21(22)25/h5-10,12-13H,11H2,1-4H3,(H,27,29)/b26-13-. The number of rotatable bonds is 5. The molecule has 0 spiro atoms. The molecule has 0 bridgehead atoms. The second-order valence-electron chi connectivity index (χ2n) is 7.15. The van der Waals surface area contributed by atoms with Crippen molar-refractivity contribution in [2.45, 2.75) is 34.1 Å². The van der Waals surface area contributed by atoms with E-state index in [0.29, 0.717) is 10.0 Å². The van der Waals surface area contributed by atoms with Crippen molar-refractivity contribution >= 4 is 35.3 Å². The number of nitrogens with zero attached hydrogens (tertiary/aromatic N) is 2. The zero-order valence-corrected chi connectivity index (χ0v) is 18.4. The first-order chi connectivity index (χ1) is 13.8. The summed E-state index contributed by atoms with van der Waals surface area (Å²) < 4.78 is 2.02. The van der Waals surface area contributed by atoms with Crippen molar-refractivity contribution in [3.63, 3.8) is 0 Å². The van der Waals surface area contributed by atoms with Crippen LogP contribution in [-0.4, -0.2) is 16.7 Å². The van der Waals surface area contributed by atoms with Gasteiger partial charge in [-0.25, -0.2) is 5.43 Å². The third-order valence-electron chi connectivity index (χ3n) is 4.95. The smallest absolute Gasteiger partial charge is 0.244 e. The van der Waals surface area contributed by atoms with Crippen LogP contribution in [0.3, 0.4) is 0 Å². The first-order valence-electron chi connectivity index (χ1n) is 9.28. The van der Waals surface area contributed by atoms with Crippen LogP contribution in [0.1, 0.15) is 33.6 Å². The van der Waals surface area contributed by atoms with E-state index in [2.05, 4.69) is 17.5 Å². The van der Waals surface area contributed by atoms with Gasteiger partial charge in [-0.15, -0.1) is 0 Å².